The lowest BCUT2D eigenvalue weighted by Crippen LogP contribution is -2.49. The third-order valence-corrected chi connectivity index (χ3v) is 7.22. The van der Waals surface area contributed by atoms with Crippen LogP contribution >= 0.6 is 35.0 Å². The zero-order valence-electron chi connectivity index (χ0n) is 19.0. The van der Waals surface area contributed by atoms with E-state index in [0.29, 0.717) is 34.2 Å². The molecule has 3 aromatic rings. The summed E-state index contributed by atoms with van der Waals surface area (Å²) in [5, 5.41) is 3.66. The van der Waals surface area contributed by atoms with E-state index in [-0.39, 0.29) is 18.4 Å². The van der Waals surface area contributed by atoms with Gasteiger partial charge in [0.25, 0.3) is 0 Å². The Hall–Kier alpha value is -2.47. The zero-order chi connectivity index (χ0) is 24.3. The standard InChI is InChI=1S/C27H28Cl2N2O2S/c1-30-27(33)25(17-20-9-4-2-5-10-20)31(18-22-23(28)13-8-14-24(22)29)26(32)15-16-34-19-21-11-6-3-7-12-21/h2-14,25H,15-19H2,1H3,(H,30,33)/t25-/m0/s1. The number of nitrogens with zero attached hydrogens (tertiary/aromatic N) is 1. The summed E-state index contributed by atoms with van der Waals surface area (Å²) < 4.78 is 0. The van der Waals surface area contributed by atoms with Crippen molar-refractivity contribution in [3.8, 4) is 0 Å². The molecule has 0 radical (unpaired) electrons. The number of thioether (sulfide) groups is 1. The fourth-order valence-corrected chi connectivity index (χ4v) is 5.05. The number of carbonyl (C=O) groups excluding carboxylic acids is 2. The van der Waals surface area contributed by atoms with Crippen molar-refractivity contribution in [3.05, 3.63) is 106 Å². The van der Waals surface area contributed by atoms with Gasteiger partial charge >= 0.3 is 0 Å². The molecule has 0 aromatic heterocycles. The maximum Gasteiger partial charge on any atom is 0.242 e. The van der Waals surface area contributed by atoms with E-state index in [1.54, 1.807) is 41.9 Å². The van der Waals surface area contributed by atoms with E-state index in [0.717, 1.165) is 11.3 Å². The van der Waals surface area contributed by atoms with E-state index < -0.39 is 6.04 Å². The molecule has 0 aliphatic rings. The van der Waals surface area contributed by atoms with Crippen molar-refractivity contribution in [1.82, 2.24) is 10.2 Å². The van der Waals surface area contributed by atoms with Crippen LogP contribution in [0.5, 0.6) is 0 Å². The molecular weight excluding hydrogens is 487 g/mol. The van der Waals surface area contributed by atoms with Crippen molar-refractivity contribution in [2.24, 2.45) is 0 Å². The lowest BCUT2D eigenvalue weighted by atomic mass is 10.0. The highest BCUT2D eigenvalue weighted by molar-refractivity contribution is 7.98. The number of halogens is 2. The highest BCUT2D eigenvalue weighted by Gasteiger charge is 2.30. The molecule has 0 spiro atoms. The molecule has 178 valence electrons. The molecule has 3 aromatic carbocycles. The van der Waals surface area contributed by atoms with Gasteiger partial charge in [0.05, 0.1) is 0 Å². The van der Waals surface area contributed by atoms with E-state index >= 15 is 0 Å². The van der Waals surface area contributed by atoms with E-state index in [1.165, 1.54) is 5.56 Å². The first-order valence-corrected chi connectivity index (χ1v) is 13.0. The minimum atomic E-state index is -0.689. The third-order valence-electron chi connectivity index (χ3n) is 5.48. The summed E-state index contributed by atoms with van der Waals surface area (Å²) >= 11 is 14.5. The van der Waals surface area contributed by atoms with Crippen LogP contribution in [0.15, 0.2) is 78.9 Å². The van der Waals surface area contributed by atoms with Crippen LogP contribution in [-0.2, 0) is 28.3 Å². The van der Waals surface area contributed by atoms with Gasteiger partial charge in [0, 0.05) is 53.5 Å². The highest BCUT2D eigenvalue weighted by atomic mass is 35.5. The molecule has 0 bridgehead atoms. The second kappa shape index (κ2) is 13.4. The number of likely N-dealkylation sites (N-methyl/N-ethyl adjacent to an activating group) is 1. The summed E-state index contributed by atoms with van der Waals surface area (Å²) in [6.45, 7) is 0.158. The monoisotopic (exact) mass is 514 g/mol. The number of nitrogens with one attached hydrogen (secondary N) is 1. The number of amides is 2. The van der Waals surface area contributed by atoms with Gasteiger partial charge in [0.1, 0.15) is 6.04 Å². The first kappa shape index (κ1) is 26.1. The van der Waals surface area contributed by atoms with Crippen molar-refractivity contribution in [1.29, 1.82) is 0 Å². The molecule has 34 heavy (non-hydrogen) atoms. The Morgan fingerprint density at radius 2 is 1.47 bits per heavy atom. The molecule has 2 amide bonds. The molecule has 0 saturated heterocycles. The number of rotatable bonds is 11. The molecule has 1 N–H and O–H groups in total. The third kappa shape index (κ3) is 7.52. The Morgan fingerprint density at radius 3 is 2.06 bits per heavy atom. The van der Waals surface area contributed by atoms with E-state index in [2.05, 4.69) is 17.4 Å². The van der Waals surface area contributed by atoms with Gasteiger partial charge in [-0.3, -0.25) is 9.59 Å². The summed E-state index contributed by atoms with van der Waals surface area (Å²) in [6.07, 6.45) is 0.702. The van der Waals surface area contributed by atoms with Crippen LogP contribution < -0.4 is 5.32 Å². The van der Waals surface area contributed by atoms with Gasteiger partial charge in [0.2, 0.25) is 11.8 Å². The lowest BCUT2D eigenvalue weighted by molar-refractivity contribution is -0.140. The maximum absolute atomic E-state index is 13.5. The van der Waals surface area contributed by atoms with Crippen LogP contribution in [0, 0.1) is 0 Å². The maximum atomic E-state index is 13.5. The summed E-state index contributed by atoms with van der Waals surface area (Å²) in [5.41, 5.74) is 2.82. The van der Waals surface area contributed by atoms with Gasteiger partial charge in [-0.2, -0.15) is 11.8 Å². The summed E-state index contributed by atoms with van der Waals surface area (Å²) in [5.74, 6) is 1.14. The van der Waals surface area contributed by atoms with Crippen LogP contribution in [0.1, 0.15) is 23.1 Å². The Morgan fingerprint density at radius 1 is 0.882 bits per heavy atom. The molecule has 0 fully saturated rings. The van der Waals surface area contributed by atoms with E-state index in [9.17, 15) is 9.59 Å². The molecule has 0 saturated carbocycles. The molecular formula is C27H28Cl2N2O2S. The fourth-order valence-electron chi connectivity index (χ4n) is 3.64. The summed E-state index contributed by atoms with van der Waals surface area (Å²) in [6, 6.07) is 24.4. The predicted octanol–water partition coefficient (Wildman–Crippen LogP) is 6.00. The molecule has 1 atom stereocenters. The quantitative estimate of drug-likeness (QED) is 0.319. The number of benzene rings is 3. The second-order valence-corrected chi connectivity index (χ2v) is 9.75. The zero-order valence-corrected chi connectivity index (χ0v) is 21.4. The van der Waals surface area contributed by atoms with E-state index in [4.69, 9.17) is 23.2 Å². The number of hydrogen-bond acceptors (Lipinski definition) is 3. The molecule has 4 nitrogen and oxygen atoms in total. The molecule has 0 unspecified atom stereocenters. The molecule has 0 aliphatic heterocycles. The van der Waals surface area contributed by atoms with Crippen molar-refractivity contribution < 1.29 is 9.59 Å². The molecule has 0 heterocycles. The smallest absolute Gasteiger partial charge is 0.242 e. The Labute approximate surface area is 215 Å². The topological polar surface area (TPSA) is 49.4 Å². The number of carbonyl (C=O) groups is 2. The van der Waals surface area contributed by atoms with Gasteiger partial charge in [-0.15, -0.1) is 0 Å². The molecule has 3 rings (SSSR count). The summed E-state index contributed by atoms with van der Waals surface area (Å²) in [7, 11) is 1.58. The van der Waals surface area contributed by atoms with Crippen LogP contribution in [0.4, 0.5) is 0 Å². The average Bonchev–Trinajstić information content (AvgIpc) is 2.86. The SMILES string of the molecule is CNC(=O)[C@H](Cc1ccccc1)N(Cc1c(Cl)cccc1Cl)C(=O)CCSCc1ccccc1. The fraction of sp³-hybridized carbons (Fsp3) is 0.259. The normalized spacial score (nSPS) is 11.6. The van der Waals surface area contributed by atoms with Crippen molar-refractivity contribution in [3.63, 3.8) is 0 Å². The van der Waals surface area contributed by atoms with Crippen LogP contribution in [0.3, 0.4) is 0 Å². The van der Waals surface area contributed by atoms with Gasteiger partial charge < -0.3 is 10.2 Å². The predicted molar refractivity (Wildman–Crippen MR) is 142 cm³/mol. The largest absolute Gasteiger partial charge is 0.357 e. The van der Waals surface area contributed by atoms with Gasteiger partial charge in [-0.25, -0.2) is 0 Å². The van der Waals surface area contributed by atoms with Gasteiger partial charge in [-0.1, -0.05) is 89.9 Å². The van der Waals surface area contributed by atoms with Crippen LogP contribution in [-0.4, -0.2) is 35.6 Å². The molecule has 7 heteroatoms. The van der Waals surface area contributed by atoms with Crippen molar-refractivity contribution >= 4 is 46.8 Å². The van der Waals surface area contributed by atoms with Crippen molar-refractivity contribution in [2.75, 3.05) is 12.8 Å². The Balaban J connectivity index is 1.80. The average molecular weight is 516 g/mol. The van der Waals surface area contributed by atoms with Gasteiger partial charge in [-0.05, 0) is 23.3 Å². The minimum absolute atomic E-state index is 0.110. The first-order valence-electron chi connectivity index (χ1n) is 11.1. The van der Waals surface area contributed by atoms with Gasteiger partial charge in [0.15, 0.2) is 0 Å². The van der Waals surface area contributed by atoms with Crippen LogP contribution in [0.25, 0.3) is 0 Å². The minimum Gasteiger partial charge on any atom is -0.357 e. The number of hydrogen-bond donors (Lipinski definition) is 1. The van der Waals surface area contributed by atoms with Crippen LogP contribution in [0.2, 0.25) is 10.0 Å². The van der Waals surface area contributed by atoms with E-state index in [1.807, 2.05) is 48.5 Å². The lowest BCUT2D eigenvalue weighted by Gasteiger charge is -2.31. The van der Waals surface area contributed by atoms with Crippen molar-refractivity contribution in [2.45, 2.75) is 31.2 Å². The molecule has 0 aliphatic carbocycles. The summed E-state index contributed by atoms with van der Waals surface area (Å²) in [4.78, 5) is 28.1. The highest BCUT2D eigenvalue weighted by Crippen LogP contribution is 2.27. The Kier molecular flexibility index (Phi) is 10.3. The Bertz CT molecular complexity index is 1060. The first-order chi connectivity index (χ1) is 16.5. The second-order valence-electron chi connectivity index (χ2n) is 7.83.